The van der Waals surface area contributed by atoms with Crippen LogP contribution >= 0.6 is 11.6 Å². The fraction of sp³-hybridized carbons (Fsp3) is 0.118. The van der Waals surface area contributed by atoms with Gasteiger partial charge in [0.15, 0.2) is 0 Å². The van der Waals surface area contributed by atoms with Gasteiger partial charge in [-0.15, -0.1) is 11.6 Å². The van der Waals surface area contributed by atoms with Crippen LogP contribution in [0.4, 0.5) is 0 Å². The van der Waals surface area contributed by atoms with Crippen molar-refractivity contribution in [1.82, 2.24) is 4.98 Å². The minimum atomic E-state index is 0.374. The number of benzene rings is 2. The van der Waals surface area contributed by atoms with Gasteiger partial charge in [0, 0.05) is 10.9 Å². The Morgan fingerprint density at radius 3 is 2.55 bits per heavy atom. The van der Waals surface area contributed by atoms with Crippen LogP contribution in [-0.2, 0) is 5.88 Å². The standard InChI is InChI=1S/C17H14ClNO/c1-12-6-8-15(9-7-12)20-17-14(11-18)10-13-4-2-3-5-16(13)19-17/h2-10H,11H2,1H3. The van der Waals surface area contributed by atoms with Crippen molar-refractivity contribution in [2.75, 3.05) is 0 Å². The zero-order chi connectivity index (χ0) is 13.9. The van der Waals surface area contributed by atoms with E-state index in [1.165, 1.54) is 5.56 Å². The third kappa shape index (κ3) is 2.61. The molecule has 0 unspecified atom stereocenters. The van der Waals surface area contributed by atoms with Crippen LogP contribution in [0.2, 0.25) is 0 Å². The summed E-state index contributed by atoms with van der Waals surface area (Å²) in [7, 11) is 0. The average molecular weight is 284 g/mol. The van der Waals surface area contributed by atoms with Crippen molar-refractivity contribution in [1.29, 1.82) is 0 Å². The van der Waals surface area contributed by atoms with E-state index < -0.39 is 0 Å². The van der Waals surface area contributed by atoms with Gasteiger partial charge in [-0.25, -0.2) is 4.98 Å². The Bertz CT molecular complexity index is 738. The highest BCUT2D eigenvalue weighted by molar-refractivity contribution is 6.17. The molecule has 3 heteroatoms. The number of hydrogen-bond acceptors (Lipinski definition) is 2. The number of aromatic nitrogens is 1. The summed E-state index contributed by atoms with van der Waals surface area (Å²) in [6.07, 6.45) is 0. The quantitative estimate of drug-likeness (QED) is 0.626. The second-order valence-electron chi connectivity index (χ2n) is 4.69. The second kappa shape index (κ2) is 5.51. The molecule has 0 amide bonds. The van der Waals surface area contributed by atoms with Crippen LogP contribution in [0.25, 0.3) is 10.9 Å². The Kier molecular flexibility index (Phi) is 3.57. The Labute approximate surface area is 123 Å². The molecule has 100 valence electrons. The molecular weight excluding hydrogens is 270 g/mol. The average Bonchev–Trinajstić information content (AvgIpc) is 2.49. The Hall–Kier alpha value is -2.06. The lowest BCUT2D eigenvalue weighted by Crippen LogP contribution is -1.94. The third-order valence-electron chi connectivity index (χ3n) is 3.14. The zero-order valence-electron chi connectivity index (χ0n) is 11.1. The number of pyridine rings is 1. The Morgan fingerprint density at radius 2 is 1.80 bits per heavy atom. The van der Waals surface area contributed by atoms with Gasteiger partial charge in [-0.3, -0.25) is 0 Å². The highest BCUT2D eigenvalue weighted by atomic mass is 35.5. The van der Waals surface area contributed by atoms with Crippen LogP contribution < -0.4 is 4.74 Å². The predicted molar refractivity (Wildman–Crippen MR) is 82.6 cm³/mol. The molecule has 1 aromatic heterocycles. The van der Waals surface area contributed by atoms with E-state index >= 15 is 0 Å². The molecule has 0 saturated heterocycles. The predicted octanol–water partition coefficient (Wildman–Crippen LogP) is 5.07. The van der Waals surface area contributed by atoms with Crippen LogP contribution in [0.15, 0.2) is 54.6 Å². The topological polar surface area (TPSA) is 22.1 Å². The zero-order valence-corrected chi connectivity index (χ0v) is 11.9. The molecule has 0 aliphatic rings. The van der Waals surface area contributed by atoms with Gasteiger partial charge in [0.25, 0.3) is 0 Å². The fourth-order valence-electron chi connectivity index (χ4n) is 2.04. The van der Waals surface area contributed by atoms with Crippen LogP contribution in [0.3, 0.4) is 0 Å². The summed E-state index contributed by atoms with van der Waals surface area (Å²) in [5.74, 6) is 1.71. The van der Waals surface area contributed by atoms with E-state index in [-0.39, 0.29) is 0 Å². The number of nitrogens with zero attached hydrogens (tertiary/aromatic N) is 1. The minimum Gasteiger partial charge on any atom is -0.439 e. The number of fused-ring (bicyclic) bond motifs is 1. The van der Waals surface area contributed by atoms with Crippen LogP contribution in [0, 0.1) is 6.92 Å². The maximum atomic E-state index is 6.00. The van der Waals surface area contributed by atoms with Crippen molar-refractivity contribution in [3.05, 3.63) is 65.7 Å². The molecule has 0 bridgehead atoms. The maximum absolute atomic E-state index is 6.00. The van der Waals surface area contributed by atoms with E-state index in [0.717, 1.165) is 22.2 Å². The highest BCUT2D eigenvalue weighted by Gasteiger charge is 2.08. The first-order chi connectivity index (χ1) is 9.76. The minimum absolute atomic E-state index is 0.374. The van der Waals surface area contributed by atoms with Crippen molar-refractivity contribution in [2.45, 2.75) is 12.8 Å². The summed E-state index contributed by atoms with van der Waals surface area (Å²) < 4.78 is 5.87. The number of hydrogen-bond donors (Lipinski definition) is 0. The Morgan fingerprint density at radius 1 is 1.05 bits per heavy atom. The molecule has 0 aliphatic carbocycles. The van der Waals surface area contributed by atoms with Gasteiger partial charge in [0.1, 0.15) is 5.75 Å². The molecule has 0 radical (unpaired) electrons. The van der Waals surface area contributed by atoms with Crippen LogP contribution in [-0.4, -0.2) is 4.98 Å². The normalized spacial score (nSPS) is 10.7. The summed E-state index contributed by atoms with van der Waals surface area (Å²) in [6.45, 7) is 2.04. The lowest BCUT2D eigenvalue weighted by atomic mass is 10.1. The summed E-state index contributed by atoms with van der Waals surface area (Å²) in [5, 5.41) is 1.07. The third-order valence-corrected chi connectivity index (χ3v) is 3.43. The molecule has 0 spiro atoms. The molecule has 20 heavy (non-hydrogen) atoms. The van der Waals surface area contributed by atoms with Gasteiger partial charge in [-0.1, -0.05) is 35.9 Å². The van der Waals surface area contributed by atoms with Gasteiger partial charge in [0.05, 0.1) is 11.4 Å². The molecule has 1 heterocycles. The number of alkyl halides is 1. The monoisotopic (exact) mass is 283 g/mol. The van der Waals surface area contributed by atoms with Gasteiger partial charge in [-0.2, -0.15) is 0 Å². The summed E-state index contributed by atoms with van der Waals surface area (Å²) in [4.78, 5) is 4.56. The Balaban J connectivity index is 2.03. The summed E-state index contributed by atoms with van der Waals surface area (Å²) in [6, 6.07) is 17.9. The number of halogens is 1. The van der Waals surface area contributed by atoms with E-state index in [1.54, 1.807) is 0 Å². The molecule has 3 rings (SSSR count). The molecule has 0 saturated carbocycles. The molecular formula is C17H14ClNO. The fourth-order valence-corrected chi connectivity index (χ4v) is 2.24. The van der Waals surface area contributed by atoms with Gasteiger partial charge in [-0.05, 0) is 31.2 Å². The molecule has 2 aromatic carbocycles. The summed E-state index contributed by atoms with van der Waals surface area (Å²) in [5.41, 5.74) is 3.00. The lowest BCUT2D eigenvalue weighted by Gasteiger charge is -2.10. The number of ether oxygens (including phenoxy) is 1. The van der Waals surface area contributed by atoms with Crippen molar-refractivity contribution in [2.24, 2.45) is 0 Å². The van der Waals surface area contributed by atoms with Crippen molar-refractivity contribution < 1.29 is 4.74 Å². The smallest absolute Gasteiger partial charge is 0.224 e. The SMILES string of the molecule is Cc1ccc(Oc2nc3ccccc3cc2CCl)cc1. The first-order valence-corrected chi connectivity index (χ1v) is 6.99. The second-order valence-corrected chi connectivity index (χ2v) is 4.96. The first-order valence-electron chi connectivity index (χ1n) is 6.45. The molecule has 3 aromatic rings. The van der Waals surface area contributed by atoms with Crippen molar-refractivity contribution >= 4 is 22.5 Å². The van der Waals surface area contributed by atoms with E-state index in [4.69, 9.17) is 16.3 Å². The highest BCUT2D eigenvalue weighted by Crippen LogP contribution is 2.28. The summed E-state index contributed by atoms with van der Waals surface area (Å²) >= 11 is 6.00. The largest absolute Gasteiger partial charge is 0.439 e. The van der Waals surface area contributed by atoms with Crippen molar-refractivity contribution in [3.63, 3.8) is 0 Å². The van der Waals surface area contributed by atoms with Crippen molar-refractivity contribution in [3.8, 4) is 11.6 Å². The molecule has 2 nitrogen and oxygen atoms in total. The van der Waals surface area contributed by atoms with Gasteiger partial charge >= 0.3 is 0 Å². The van der Waals surface area contributed by atoms with E-state index in [9.17, 15) is 0 Å². The number of aryl methyl sites for hydroxylation is 1. The molecule has 0 fully saturated rings. The lowest BCUT2D eigenvalue weighted by molar-refractivity contribution is 0.460. The van der Waals surface area contributed by atoms with E-state index in [0.29, 0.717) is 11.8 Å². The number of rotatable bonds is 3. The van der Waals surface area contributed by atoms with E-state index in [2.05, 4.69) is 4.98 Å². The molecule has 0 aliphatic heterocycles. The van der Waals surface area contributed by atoms with Gasteiger partial charge < -0.3 is 4.74 Å². The van der Waals surface area contributed by atoms with Crippen LogP contribution in [0.1, 0.15) is 11.1 Å². The molecule has 0 N–H and O–H groups in total. The van der Waals surface area contributed by atoms with Gasteiger partial charge in [0.2, 0.25) is 5.88 Å². The number of para-hydroxylation sites is 1. The maximum Gasteiger partial charge on any atom is 0.224 e. The van der Waals surface area contributed by atoms with E-state index in [1.807, 2.05) is 61.5 Å². The molecule has 0 atom stereocenters. The first kappa shape index (κ1) is 12.9. The van der Waals surface area contributed by atoms with Crippen LogP contribution in [0.5, 0.6) is 11.6 Å².